The van der Waals surface area contributed by atoms with Gasteiger partial charge >= 0.3 is 0 Å². The molecule has 25 heavy (non-hydrogen) atoms. The molecule has 0 aliphatic carbocycles. The Hall–Kier alpha value is -1.11. The van der Waals surface area contributed by atoms with Crippen molar-refractivity contribution in [3.8, 4) is 0 Å². The van der Waals surface area contributed by atoms with Crippen molar-refractivity contribution in [3.05, 3.63) is 36.5 Å². The van der Waals surface area contributed by atoms with Crippen LogP contribution in [0.15, 0.2) is 36.5 Å². The lowest BCUT2D eigenvalue weighted by atomic mass is 9.88. The van der Waals surface area contributed by atoms with Crippen LogP contribution in [0.1, 0.15) is 105 Å². The molecule has 0 heterocycles. The van der Waals surface area contributed by atoms with Crippen LogP contribution in [0.4, 0.5) is 0 Å². The van der Waals surface area contributed by atoms with Crippen LogP contribution in [0.25, 0.3) is 0 Å². The summed E-state index contributed by atoms with van der Waals surface area (Å²) < 4.78 is 0. The van der Waals surface area contributed by atoms with Gasteiger partial charge in [0.05, 0.1) is 0 Å². The van der Waals surface area contributed by atoms with Gasteiger partial charge in [0.15, 0.2) is 0 Å². The molecule has 0 aliphatic rings. The predicted octanol–water partition coefficient (Wildman–Crippen LogP) is 7.97. The van der Waals surface area contributed by atoms with Crippen LogP contribution in [-0.2, 0) is 4.79 Å². The summed E-state index contributed by atoms with van der Waals surface area (Å²) in [4.78, 5) is 11.8. The summed E-state index contributed by atoms with van der Waals surface area (Å²) in [5.74, 6) is 0.398. The van der Waals surface area contributed by atoms with Crippen molar-refractivity contribution in [2.75, 3.05) is 0 Å². The molecule has 0 rings (SSSR count). The Kier molecular flexibility index (Phi) is 15.6. The highest BCUT2D eigenvalue weighted by molar-refractivity contribution is 5.83. The average molecular weight is 347 g/mol. The fourth-order valence-electron chi connectivity index (χ4n) is 2.57. The first-order valence-corrected chi connectivity index (χ1v) is 10.5. The third kappa shape index (κ3) is 17.5. The van der Waals surface area contributed by atoms with Gasteiger partial charge in [-0.1, -0.05) is 89.8 Å². The van der Waals surface area contributed by atoms with Gasteiger partial charge in [0, 0.05) is 11.8 Å². The molecule has 0 saturated carbocycles. The summed E-state index contributed by atoms with van der Waals surface area (Å²) in [7, 11) is 0. The molecule has 0 radical (unpaired) electrons. The molecule has 0 aromatic heterocycles. The second-order valence-corrected chi connectivity index (χ2v) is 8.01. The van der Waals surface area contributed by atoms with Crippen LogP contribution >= 0.6 is 0 Å². The van der Waals surface area contributed by atoms with Gasteiger partial charge in [-0.2, -0.15) is 0 Å². The van der Waals surface area contributed by atoms with Gasteiger partial charge in [0.2, 0.25) is 0 Å². The van der Waals surface area contributed by atoms with Crippen LogP contribution in [0, 0.1) is 5.41 Å². The first-order valence-electron chi connectivity index (χ1n) is 10.5. The standard InChI is InChI=1S/C24H42O/c1-5-6-7-8-9-10-11-12-13-14-15-16-17-18-19-20-21-22-23(25)24(2,3)4/h9-10,12-13,15-16H,5-8,11,14,17-22H2,1-4H3/b10-9-,13-12-,16-15-. The summed E-state index contributed by atoms with van der Waals surface area (Å²) in [5.41, 5.74) is -0.166. The fourth-order valence-corrected chi connectivity index (χ4v) is 2.57. The van der Waals surface area contributed by atoms with Crippen molar-refractivity contribution < 1.29 is 4.79 Å². The normalized spacial score (nSPS) is 12.8. The van der Waals surface area contributed by atoms with E-state index in [1.165, 1.54) is 51.4 Å². The second-order valence-electron chi connectivity index (χ2n) is 8.01. The Labute approximate surface area is 157 Å². The van der Waals surface area contributed by atoms with Crippen LogP contribution in [0.5, 0.6) is 0 Å². The predicted molar refractivity (Wildman–Crippen MR) is 113 cm³/mol. The molecule has 0 saturated heterocycles. The van der Waals surface area contributed by atoms with Gasteiger partial charge in [-0.25, -0.2) is 0 Å². The molecule has 1 nitrogen and oxygen atoms in total. The van der Waals surface area contributed by atoms with Crippen LogP contribution in [0.2, 0.25) is 0 Å². The zero-order chi connectivity index (χ0) is 18.8. The van der Waals surface area contributed by atoms with E-state index in [4.69, 9.17) is 0 Å². The molecule has 0 bridgehead atoms. The minimum absolute atomic E-state index is 0.166. The highest BCUT2D eigenvalue weighted by Gasteiger charge is 2.19. The van der Waals surface area contributed by atoms with E-state index < -0.39 is 0 Å². The van der Waals surface area contributed by atoms with E-state index in [1.807, 2.05) is 20.8 Å². The average Bonchev–Trinajstić information content (AvgIpc) is 2.56. The third-order valence-electron chi connectivity index (χ3n) is 4.38. The van der Waals surface area contributed by atoms with Crippen LogP contribution in [-0.4, -0.2) is 5.78 Å². The lowest BCUT2D eigenvalue weighted by molar-refractivity contribution is -0.126. The van der Waals surface area contributed by atoms with Gasteiger partial charge in [-0.3, -0.25) is 4.79 Å². The zero-order valence-corrected chi connectivity index (χ0v) is 17.4. The van der Waals surface area contributed by atoms with Gasteiger partial charge < -0.3 is 0 Å². The van der Waals surface area contributed by atoms with Crippen molar-refractivity contribution in [2.24, 2.45) is 5.41 Å². The largest absolute Gasteiger partial charge is 0.299 e. The summed E-state index contributed by atoms with van der Waals surface area (Å²) in [6.07, 6.45) is 27.6. The summed E-state index contributed by atoms with van der Waals surface area (Å²) in [6, 6.07) is 0. The third-order valence-corrected chi connectivity index (χ3v) is 4.38. The topological polar surface area (TPSA) is 17.1 Å². The van der Waals surface area contributed by atoms with Crippen molar-refractivity contribution in [1.82, 2.24) is 0 Å². The molecule has 1 heteroatoms. The number of ketones is 1. The maximum absolute atomic E-state index is 11.8. The van der Waals surface area contributed by atoms with E-state index in [-0.39, 0.29) is 5.41 Å². The van der Waals surface area contributed by atoms with Crippen LogP contribution < -0.4 is 0 Å². The maximum atomic E-state index is 11.8. The number of allylic oxidation sites excluding steroid dienone is 6. The highest BCUT2D eigenvalue weighted by Crippen LogP contribution is 2.19. The lowest BCUT2D eigenvalue weighted by Gasteiger charge is -2.15. The first-order chi connectivity index (χ1) is 12.0. The minimum Gasteiger partial charge on any atom is -0.299 e. The van der Waals surface area contributed by atoms with Gasteiger partial charge in [0.25, 0.3) is 0 Å². The number of unbranched alkanes of at least 4 members (excludes halogenated alkanes) is 7. The number of Topliss-reactive ketones (excluding diaryl/α,β-unsaturated/α-hetero) is 1. The Morgan fingerprint density at radius 1 is 0.680 bits per heavy atom. The number of carbonyl (C=O) groups is 1. The van der Waals surface area contributed by atoms with Gasteiger partial charge in [0.1, 0.15) is 5.78 Å². The first kappa shape index (κ1) is 23.9. The molecule has 144 valence electrons. The highest BCUT2D eigenvalue weighted by atomic mass is 16.1. The Morgan fingerprint density at radius 2 is 1.16 bits per heavy atom. The molecule has 0 aromatic rings. The quantitative estimate of drug-likeness (QED) is 0.217. The molecular weight excluding hydrogens is 304 g/mol. The Balaban J connectivity index is 3.41. The molecule has 0 N–H and O–H groups in total. The molecule has 0 atom stereocenters. The Morgan fingerprint density at radius 3 is 1.68 bits per heavy atom. The van der Waals surface area contributed by atoms with E-state index in [2.05, 4.69) is 43.4 Å². The van der Waals surface area contributed by atoms with E-state index in [0.717, 1.165) is 25.7 Å². The maximum Gasteiger partial charge on any atom is 0.138 e. The SMILES string of the molecule is CCCCC/C=C\C/C=C\C/C=C\CCCCCCC(=O)C(C)(C)C. The second kappa shape index (κ2) is 16.4. The lowest BCUT2D eigenvalue weighted by Crippen LogP contribution is -2.19. The van der Waals surface area contributed by atoms with E-state index in [1.54, 1.807) is 0 Å². The fraction of sp³-hybridized carbons (Fsp3) is 0.708. The zero-order valence-electron chi connectivity index (χ0n) is 17.4. The van der Waals surface area contributed by atoms with Crippen LogP contribution in [0.3, 0.4) is 0 Å². The minimum atomic E-state index is -0.166. The molecule has 0 amide bonds. The van der Waals surface area contributed by atoms with E-state index >= 15 is 0 Å². The van der Waals surface area contributed by atoms with Crippen molar-refractivity contribution in [3.63, 3.8) is 0 Å². The van der Waals surface area contributed by atoms with E-state index in [9.17, 15) is 4.79 Å². The summed E-state index contributed by atoms with van der Waals surface area (Å²) >= 11 is 0. The number of carbonyl (C=O) groups excluding carboxylic acids is 1. The smallest absolute Gasteiger partial charge is 0.138 e. The number of hydrogen-bond donors (Lipinski definition) is 0. The molecule has 0 aliphatic heterocycles. The molecular formula is C24H42O. The summed E-state index contributed by atoms with van der Waals surface area (Å²) in [5, 5.41) is 0. The molecule has 0 fully saturated rings. The van der Waals surface area contributed by atoms with Crippen molar-refractivity contribution in [2.45, 2.75) is 105 Å². The van der Waals surface area contributed by atoms with Gasteiger partial charge in [-0.15, -0.1) is 0 Å². The summed E-state index contributed by atoms with van der Waals surface area (Å²) in [6.45, 7) is 8.28. The van der Waals surface area contributed by atoms with Crippen molar-refractivity contribution in [1.29, 1.82) is 0 Å². The number of hydrogen-bond acceptors (Lipinski definition) is 1. The molecule has 0 unspecified atom stereocenters. The van der Waals surface area contributed by atoms with E-state index in [0.29, 0.717) is 5.78 Å². The molecule has 0 spiro atoms. The monoisotopic (exact) mass is 346 g/mol. The Bertz CT molecular complexity index is 393. The molecule has 0 aromatic carbocycles. The van der Waals surface area contributed by atoms with Crippen molar-refractivity contribution >= 4 is 5.78 Å². The number of rotatable bonds is 15. The van der Waals surface area contributed by atoms with Gasteiger partial charge in [-0.05, 0) is 44.9 Å².